The molecule has 0 heterocycles. The fraction of sp³-hybridized carbons (Fsp3) is 0.579. The van der Waals surface area contributed by atoms with Crippen molar-refractivity contribution in [2.75, 3.05) is 6.54 Å². The minimum atomic E-state index is -0.897. The van der Waals surface area contributed by atoms with Crippen LogP contribution in [0, 0.1) is 5.92 Å². The highest BCUT2D eigenvalue weighted by molar-refractivity contribution is 5.73. The molecule has 0 aliphatic carbocycles. The lowest BCUT2D eigenvalue weighted by molar-refractivity contribution is -0.140. The molecule has 6 nitrogen and oxygen atoms in total. The maximum atomic E-state index is 12.1. The predicted molar refractivity (Wildman–Crippen MR) is 97.6 cm³/mol. The quantitative estimate of drug-likeness (QED) is 0.671. The fourth-order valence-electron chi connectivity index (χ4n) is 2.42. The Morgan fingerprint density at radius 2 is 1.76 bits per heavy atom. The molecule has 0 aromatic heterocycles. The second-order valence-electron chi connectivity index (χ2n) is 7.50. The first-order valence-electron chi connectivity index (χ1n) is 8.58. The van der Waals surface area contributed by atoms with E-state index in [-0.39, 0.29) is 12.0 Å². The van der Waals surface area contributed by atoms with Gasteiger partial charge in [0, 0.05) is 12.6 Å². The zero-order valence-corrected chi connectivity index (χ0v) is 15.7. The summed E-state index contributed by atoms with van der Waals surface area (Å²) < 4.78 is 5.31. The first kappa shape index (κ1) is 21.0. The third-order valence-electron chi connectivity index (χ3n) is 3.56. The topological polar surface area (TPSA) is 87.7 Å². The number of amides is 1. The van der Waals surface area contributed by atoms with E-state index in [9.17, 15) is 14.7 Å². The maximum Gasteiger partial charge on any atom is 0.407 e. The molecule has 0 bridgehead atoms. The van der Waals surface area contributed by atoms with Gasteiger partial charge in [-0.25, -0.2) is 4.79 Å². The Kier molecular flexibility index (Phi) is 7.90. The number of carboxylic acids is 1. The molecule has 1 amide bonds. The van der Waals surface area contributed by atoms with E-state index in [1.165, 1.54) is 0 Å². The fourth-order valence-corrected chi connectivity index (χ4v) is 2.42. The van der Waals surface area contributed by atoms with E-state index in [2.05, 4.69) is 10.6 Å². The van der Waals surface area contributed by atoms with E-state index in [0.29, 0.717) is 13.0 Å². The highest BCUT2D eigenvalue weighted by Crippen LogP contribution is 2.09. The van der Waals surface area contributed by atoms with E-state index in [0.717, 1.165) is 5.56 Å². The Bertz CT molecular complexity index is 552. The van der Waals surface area contributed by atoms with E-state index in [4.69, 9.17) is 4.74 Å². The molecule has 0 radical (unpaired) electrons. The number of benzene rings is 1. The largest absolute Gasteiger partial charge is 0.480 e. The monoisotopic (exact) mass is 350 g/mol. The summed E-state index contributed by atoms with van der Waals surface area (Å²) in [5.74, 6) is -0.956. The van der Waals surface area contributed by atoms with Gasteiger partial charge in [0.25, 0.3) is 0 Å². The number of hydrogen-bond acceptors (Lipinski definition) is 4. The van der Waals surface area contributed by atoms with Crippen LogP contribution in [0.5, 0.6) is 0 Å². The average molecular weight is 350 g/mol. The summed E-state index contributed by atoms with van der Waals surface area (Å²) in [6.45, 7) is 9.44. The van der Waals surface area contributed by atoms with Crippen LogP contribution in [-0.4, -0.2) is 41.4 Å². The van der Waals surface area contributed by atoms with E-state index in [1.807, 2.05) is 44.2 Å². The number of aliphatic carboxylic acids is 1. The molecular weight excluding hydrogens is 320 g/mol. The van der Waals surface area contributed by atoms with Gasteiger partial charge >= 0.3 is 12.1 Å². The summed E-state index contributed by atoms with van der Waals surface area (Å²) >= 11 is 0. The molecule has 0 saturated carbocycles. The molecule has 6 heteroatoms. The van der Waals surface area contributed by atoms with Gasteiger partial charge in [-0.2, -0.15) is 0 Å². The van der Waals surface area contributed by atoms with Crippen LogP contribution in [-0.2, 0) is 16.0 Å². The minimum Gasteiger partial charge on any atom is -0.480 e. The summed E-state index contributed by atoms with van der Waals surface area (Å²) in [5, 5.41) is 15.2. The molecule has 1 aromatic carbocycles. The molecule has 0 saturated heterocycles. The summed E-state index contributed by atoms with van der Waals surface area (Å²) in [4.78, 5) is 23.4. The van der Waals surface area contributed by atoms with Gasteiger partial charge in [0.2, 0.25) is 0 Å². The molecule has 0 unspecified atom stereocenters. The van der Waals surface area contributed by atoms with E-state index in [1.54, 1.807) is 20.8 Å². The Balaban J connectivity index is 2.76. The molecular formula is C19H30N2O4. The van der Waals surface area contributed by atoms with Crippen LogP contribution >= 0.6 is 0 Å². The third kappa shape index (κ3) is 8.54. The van der Waals surface area contributed by atoms with Crippen LogP contribution in [0.2, 0.25) is 0 Å². The number of alkyl carbamates (subject to hydrolysis) is 1. The number of carbonyl (C=O) groups is 2. The number of hydrogen-bond donors (Lipinski definition) is 3. The van der Waals surface area contributed by atoms with Gasteiger partial charge in [0.1, 0.15) is 11.6 Å². The number of rotatable bonds is 8. The maximum absolute atomic E-state index is 12.1. The van der Waals surface area contributed by atoms with Crippen molar-refractivity contribution in [1.82, 2.24) is 10.6 Å². The molecule has 3 N–H and O–H groups in total. The SMILES string of the molecule is CC(C)[C@@H](NC[C@@H](Cc1ccccc1)NC(=O)OC(C)(C)C)C(=O)O. The zero-order chi connectivity index (χ0) is 19.0. The van der Waals surface area contributed by atoms with Gasteiger partial charge in [-0.3, -0.25) is 4.79 Å². The molecule has 1 rings (SSSR count). The van der Waals surface area contributed by atoms with Crippen molar-refractivity contribution >= 4 is 12.1 Å². The summed E-state index contributed by atoms with van der Waals surface area (Å²) in [5.41, 5.74) is 0.470. The summed E-state index contributed by atoms with van der Waals surface area (Å²) in [6, 6.07) is 8.79. The lowest BCUT2D eigenvalue weighted by atomic mass is 10.0. The van der Waals surface area contributed by atoms with E-state index >= 15 is 0 Å². The van der Waals surface area contributed by atoms with Crippen LogP contribution in [0.3, 0.4) is 0 Å². The first-order valence-corrected chi connectivity index (χ1v) is 8.58. The van der Waals surface area contributed by atoms with Gasteiger partial charge in [-0.05, 0) is 38.7 Å². The zero-order valence-electron chi connectivity index (χ0n) is 15.7. The van der Waals surface area contributed by atoms with Crippen molar-refractivity contribution < 1.29 is 19.4 Å². The van der Waals surface area contributed by atoms with E-state index < -0.39 is 23.7 Å². The Morgan fingerprint density at radius 1 is 1.16 bits per heavy atom. The van der Waals surface area contributed by atoms with Crippen molar-refractivity contribution in [1.29, 1.82) is 0 Å². The molecule has 0 aliphatic rings. The lowest BCUT2D eigenvalue weighted by Crippen LogP contribution is -2.50. The second kappa shape index (κ2) is 9.42. The van der Waals surface area contributed by atoms with Crippen molar-refractivity contribution in [3.8, 4) is 0 Å². The number of carbonyl (C=O) groups excluding carboxylic acids is 1. The Hall–Kier alpha value is -2.08. The average Bonchev–Trinajstić information content (AvgIpc) is 2.45. The van der Waals surface area contributed by atoms with Gasteiger partial charge < -0.3 is 20.5 Å². The van der Waals surface area contributed by atoms with Crippen LogP contribution in [0.15, 0.2) is 30.3 Å². The molecule has 2 atom stereocenters. The number of carboxylic acid groups (broad SMARTS) is 1. The van der Waals surface area contributed by atoms with Crippen LogP contribution < -0.4 is 10.6 Å². The summed E-state index contributed by atoms with van der Waals surface area (Å²) in [6.07, 6.45) is 0.0731. The van der Waals surface area contributed by atoms with Gasteiger partial charge in [0.15, 0.2) is 0 Å². The van der Waals surface area contributed by atoms with Gasteiger partial charge in [-0.1, -0.05) is 44.2 Å². The molecule has 0 fully saturated rings. The number of ether oxygens (including phenoxy) is 1. The van der Waals surface area contributed by atoms with Gasteiger partial charge in [0.05, 0.1) is 0 Å². The predicted octanol–water partition coefficient (Wildman–Crippen LogP) is 2.82. The molecule has 1 aromatic rings. The van der Waals surface area contributed by atoms with Crippen molar-refractivity contribution in [3.05, 3.63) is 35.9 Å². The lowest BCUT2D eigenvalue weighted by Gasteiger charge is -2.26. The minimum absolute atomic E-state index is 0.0589. The highest BCUT2D eigenvalue weighted by atomic mass is 16.6. The van der Waals surface area contributed by atoms with Crippen LogP contribution in [0.25, 0.3) is 0 Å². The van der Waals surface area contributed by atoms with Crippen LogP contribution in [0.4, 0.5) is 4.79 Å². The molecule has 0 spiro atoms. The first-order chi connectivity index (χ1) is 11.6. The standard InChI is InChI=1S/C19H30N2O4/c1-13(2)16(17(22)23)20-12-15(11-14-9-7-6-8-10-14)21-18(24)25-19(3,4)5/h6-10,13,15-16,20H,11-12H2,1-5H3,(H,21,24)(H,22,23)/t15-,16-/m1/s1. The van der Waals surface area contributed by atoms with Crippen LogP contribution in [0.1, 0.15) is 40.2 Å². The van der Waals surface area contributed by atoms with Gasteiger partial charge in [-0.15, -0.1) is 0 Å². The van der Waals surface area contributed by atoms with Crippen molar-refractivity contribution in [3.63, 3.8) is 0 Å². The normalized spacial score (nSPS) is 14.0. The Labute approximate surface area is 150 Å². The second-order valence-corrected chi connectivity index (χ2v) is 7.50. The number of nitrogens with one attached hydrogen (secondary N) is 2. The highest BCUT2D eigenvalue weighted by Gasteiger charge is 2.24. The Morgan fingerprint density at radius 3 is 2.24 bits per heavy atom. The molecule has 25 heavy (non-hydrogen) atoms. The molecule has 0 aliphatic heterocycles. The van der Waals surface area contributed by atoms with Crippen molar-refractivity contribution in [2.45, 2.75) is 58.7 Å². The smallest absolute Gasteiger partial charge is 0.407 e. The molecule has 140 valence electrons. The van der Waals surface area contributed by atoms with Crippen molar-refractivity contribution in [2.24, 2.45) is 5.92 Å². The summed E-state index contributed by atoms with van der Waals surface area (Å²) in [7, 11) is 0. The third-order valence-corrected chi connectivity index (χ3v) is 3.56.